The Hall–Kier alpha value is -2.65. The first-order chi connectivity index (χ1) is 13.5. The van der Waals surface area contributed by atoms with Crippen LogP contribution in [0, 0.1) is 6.92 Å². The smallest absolute Gasteiger partial charge is 0.246 e. The number of halogens is 1. The third kappa shape index (κ3) is 3.81. The van der Waals surface area contributed by atoms with Crippen molar-refractivity contribution in [3.63, 3.8) is 0 Å². The van der Waals surface area contributed by atoms with Crippen LogP contribution in [0.25, 0.3) is 11.0 Å². The number of likely N-dealkylation sites (tertiary alicyclic amines) is 1. The maximum Gasteiger partial charge on any atom is 0.246 e. The lowest BCUT2D eigenvalue weighted by atomic mass is 10.1. The van der Waals surface area contributed by atoms with Crippen molar-refractivity contribution in [1.29, 1.82) is 0 Å². The molecular weight excluding hydrogens is 398 g/mol. The van der Waals surface area contributed by atoms with Crippen molar-refractivity contribution >= 4 is 56.8 Å². The Balaban J connectivity index is 1.62. The van der Waals surface area contributed by atoms with Gasteiger partial charge in [-0.15, -0.1) is 0 Å². The van der Waals surface area contributed by atoms with E-state index in [4.69, 9.17) is 11.6 Å². The van der Waals surface area contributed by atoms with E-state index in [1.807, 2.05) is 13.0 Å². The van der Waals surface area contributed by atoms with E-state index in [0.717, 1.165) is 35.5 Å². The van der Waals surface area contributed by atoms with E-state index < -0.39 is 0 Å². The Morgan fingerprint density at radius 3 is 3.11 bits per heavy atom. The lowest BCUT2D eigenvalue weighted by Crippen LogP contribution is -2.44. The number of fused-ring (bicyclic) bond motifs is 1. The minimum atomic E-state index is -0.0538. The summed E-state index contributed by atoms with van der Waals surface area (Å²) in [5.41, 5.74) is 1.57. The van der Waals surface area contributed by atoms with Gasteiger partial charge in [0.1, 0.15) is 16.5 Å². The van der Waals surface area contributed by atoms with Crippen LogP contribution in [0.3, 0.4) is 0 Å². The van der Waals surface area contributed by atoms with Gasteiger partial charge in [0.05, 0.1) is 16.1 Å². The molecule has 3 aromatic heterocycles. The number of anilines is 3. The number of hydrogen-bond acceptors (Lipinski definition) is 7. The van der Waals surface area contributed by atoms with Crippen molar-refractivity contribution in [2.75, 3.05) is 23.7 Å². The fraction of sp³-hybridized carbons (Fsp3) is 0.333. The molecule has 0 aliphatic carbocycles. The number of aryl methyl sites for hydroxylation is 1. The van der Waals surface area contributed by atoms with E-state index in [9.17, 15) is 4.79 Å². The molecule has 0 bridgehead atoms. The lowest BCUT2D eigenvalue weighted by molar-refractivity contribution is -0.127. The molecule has 1 saturated heterocycles. The summed E-state index contributed by atoms with van der Waals surface area (Å²) >= 11 is 7.71. The average Bonchev–Trinajstić information content (AvgIpc) is 3.27. The van der Waals surface area contributed by atoms with Crippen LogP contribution >= 0.6 is 23.1 Å². The molecule has 1 atom stereocenters. The molecule has 4 heterocycles. The number of rotatable bonds is 5. The normalized spacial score (nSPS) is 16.9. The molecule has 0 radical (unpaired) electrons. The Morgan fingerprint density at radius 2 is 2.36 bits per heavy atom. The quantitative estimate of drug-likeness (QED) is 0.547. The monoisotopic (exact) mass is 417 g/mol. The minimum absolute atomic E-state index is 0.0538. The van der Waals surface area contributed by atoms with Gasteiger partial charge in [0.2, 0.25) is 11.9 Å². The number of carbonyl (C=O) groups is 1. The van der Waals surface area contributed by atoms with E-state index in [2.05, 4.69) is 36.5 Å². The molecule has 8 nitrogen and oxygen atoms in total. The van der Waals surface area contributed by atoms with Crippen molar-refractivity contribution < 1.29 is 4.79 Å². The van der Waals surface area contributed by atoms with Gasteiger partial charge in [0.15, 0.2) is 0 Å². The topological polar surface area (TPSA) is 98.8 Å². The Morgan fingerprint density at radius 1 is 1.50 bits per heavy atom. The molecule has 0 unspecified atom stereocenters. The van der Waals surface area contributed by atoms with Crippen LogP contribution in [0.2, 0.25) is 5.02 Å². The predicted molar refractivity (Wildman–Crippen MR) is 112 cm³/mol. The zero-order chi connectivity index (χ0) is 19.7. The average molecular weight is 418 g/mol. The zero-order valence-corrected chi connectivity index (χ0v) is 16.9. The van der Waals surface area contributed by atoms with Gasteiger partial charge in [-0.05, 0) is 43.4 Å². The highest BCUT2D eigenvalue weighted by Gasteiger charge is 2.24. The van der Waals surface area contributed by atoms with Crippen LogP contribution in [0.15, 0.2) is 24.9 Å². The summed E-state index contributed by atoms with van der Waals surface area (Å²) < 4.78 is 4.26. The van der Waals surface area contributed by atoms with Gasteiger partial charge in [-0.3, -0.25) is 4.79 Å². The number of aromatic nitrogens is 4. The lowest BCUT2D eigenvalue weighted by Gasteiger charge is -2.33. The van der Waals surface area contributed by atoms with Crippen LogP contribution in [-0.2, 0) is 4.79 Å². The van der Waals surface area contributed by atoms with E-state index >= 15 is 0 Å². The maximum absolute atomic E-state index is 12.0. The molecule has 1 aliphatic heterocycles. The molecule has 1 amide bonds. The van der Waals surface area contributed by atoms with Gasteiger partial charge in [-0.2, -0.15) is 14.3 Å². The Kier molecular flexibility index (Phi) is 5.19. The van der Waals surface area contributed by atoms with Gasteiger partial charge in [-0.1, -0.05) is 18.2 Å². The first-order valence-corrected chi connectivity index (χ1v) is 10.1. The highest BCUT2D eigenvalue weighted by Crippen LogP contribution is 2.31. The fourth-order valence-electron chi connectivity index (χ4n) is 3.31. The van der Waals surface area contributed by atoms with Crippen LogP contribution < -0.4 is 10.6 Å². The summed E-state index contributed by atoms with van der Waals surface area (Å²) in [5.74, 6) is 1.03. The van der Waals surface area contributed by atoms with Gasteiger partial charge < -0.3 is 20.5 Å². The minimum Gasteiger partial charge on any atom is -0.365 e. The number of amides is 1. The number of piperidine rings is 1. The molecular formula is C18H20ClN7OS. The third-order valence-electron chi connectivity index (χ3n) is 4.59. The first-order valence-electron chi connectivity index (χ1n) is 8.96. The summed E-state index contributed by atoms with van der Waals surface area (Å²) in [7, 11) is 0. The van der Waals surface area contributed by atoms with E-state index in [1.54, 1.807) is 11.1 Å². The molecule has 4 rings (SSSR count). The molecule has 0 aromatic carbocycles. The van der Waals surface area contributed by atoms with Crippen LogP contribution in [-0.4, -0.2) is 49.3 Å². The van der Waals surface area contributed by atoms with Crippen molar-refractivity contribution in [2.45, 2.75) is 25.8 Å². The SMILES string of the molecule is C=CC(=O)N1CCC[C@@H](Nc2nc(Nc3cc(C)ns3)nc3[nH]cc(Cl)c23)C1. The van der Waals surface area contributed by atoms with Gasteiger partial charge in [-0.25, -0.2) is 0 Å². The summed E-state index contributed by atoms with van der Waals surface area (Å²) in [4.78, 5) is 26.0. The predicted octanol–water partition coefficient (Wildman–Crippen LogP) is 3.71. The summed E-state index contributed by atoms with van der Waals surface area (Å²) in [6, 6.07) is 2.01. The summed E-state index contributed by atoms with van der Waals surface area (Å²) in [5, 5.41) is 8.79. The van der Waals surface area contributed by atoms with Crippen LogP contribution in [0.5, 0.6) is 0 Å². The molecule has 1 aliphatic rings. The molecule has 1 fully saturated rings. The molecule has 0 spiro atoms. The molecule has 3 aromatic rings. The summed E-state index contributed by atoms with van der Waals surface area (Å²) in [6.07, 6.45) is 4.90. The Bertz CT molecular complexity index is 1030. The van der Waals surface area contributed by atoms with E-state index in [-0.39, 0.29) is 11.9 Å². The molecule has 28 heavy (non-hydrogen) atoms. The number of H-pyrrole nitrogens is 1. The fourth-order valence-corrected chi connectivity index (χ4v) is 4.19. The first kappa shape index (κ1) is 18.7. The van der Waals surface area contributed by atoms with Crippen LogP contribution in [0.1, 0.15) is 18.5 Å². The second-order valence-electron chi connectivity index (χ2n) is 6.69. The molecule has 3 N–H and O–H groups in total. The zero-order valence-electron chi connectivity index (χ0n) is 15.3. The van der Waals surface area contributed by atoms with Crippen molar-refractivity contribution in [3.05, 3.63) is 35.6 Å². The number of nitrogens with one attached hydrogen (secondary N) is 3. The van der Waals surface area contributed by atoms with Crippen molar-refractivity contribution in [3.8, 4) is 0 Å². The highest BCUT2D eigenvalue weighted by atomic mass is 35.5. The van der Waals surface area contributed by atoms with Gasteiger partial charge >= 0.3 is 0 Å². The standard InChI is InChI=1S/C18H20ClN7OS/c1-3-14(27)26-6-4-5-11(9-26)21-17-15-12(19)8-20-16(15)23-18(24-17)22-13-7-10(2)25-28-13/h3,7-8,11H,1,4-6,9H2,2H3,(H3,20,21,22,23,24)/t11-/m1/s1. The molecule has 146 valence electrons. The van der Waals surface area contributed by atoms with Crippen molar-refractivity contribution in [1.82, 2.24) is 24.2 Å². The van der Waals surface area contributed by atoms with Crippen LogP contribution in [0.4, 0.5) is 16.8 Å². The van der Waals surface area contributed by atoms with Gasteiger partial charge in [0, 0.05) is 25.3 Å². The van der Waals surface area contributed by atoms with Gasteiger partial charge in [0.25, 0.3) is 0 Å². The molecule has 10 heteroatoms. The summed E-state index contributed by atoms with van der Waals surface area (Å²) in [6.45, 7) is 6.84. The van der Waals surface area contributed by atoms with Crippen molar-refractivity contribution in [2.24, 2.45) is 0 Å². The number of carbonyl (C=O) groups excluding carboxylic acids is 1. The highest BCUT2D eigenvalue weighted by molar-refractivity contribution is 7.10. The Labute approximate surface area is 171 Å². The second-order valence-corrected chi connectivity index (χ2v) is 7.90. The number of aromatic amines is 1. The van der Waals surface area contributed by atoms with E-state index in [0.29, 0.717) is 29.0 Å². The number of nitrogens with zero attached hydrogens (tertiary/aromatic N) is 4. The third-order valence-corrected chi connectivity index (χ3v) is 5.69. The second kappa shape index (κ2) is 7.76. The van der Waals surface area contributed by atoms with E-state index in [1.165, 1.54) is 17.6 Å². The number of hydrogen-bond donors (Lipinski definition) is 3. The molecule has 0 saturated carbocycles. The maximum atomic E-state index is 12.0. The largest absolute Gasteiger partial charge is 0.365 e.